The molecule has 1 rings (SSSR count). The lowest BCUT2D eigenvalue weighted by Crippen LogP contribution is -2.30. The molecule has 2 heteroatoms. The summed E-state index contributed by atoms with van der Waals surface area (Å²) in [5.41, 5.74) is 1.11. The Kier molecular flexibility index (Phi) is 3.57. The van der Waals surface area contributed by atoms with E-state index in [2.05, 4.69) is 36.5 Å². The molecule has 0 N–H and O–H groups in total. The molecule has 0 bridgehead atoms. The molecule has 0 saturated heterocycles. The molecule has 0 radical (unpaired) electrons. The van der Waals surface area contributed by atoms with Crippen LogP contribution in [0.1, 0.15) is 20.8 Å². The zero-order chi connectivity index (χ0) is 10.6. The van der Waals surface area contributed by atoms with E-state index in [1.54, 1.807) is 6.33 Å². The summed E-state index contributed by atoms with van der Waals surface area (Å²) < 4.78 is 0. The minimum atomic E-state index is 0.487. The molecule has 0 aliphatic heterocycles. The Labute approximate surface area is 84.7 Å². The summed E-state index contributed by atoms with van der Waals surface area (Å²) in [7, 11) is 0. The molecule has 0 amide bonds. The van der Waals surface area contributed by atoms with Gasteiger partial charge in [0.25, 0.3) is 0 Å². The van der Waals surface area contributed by atoms with Crippen molar-refractivity contribution in [2.24, 2.45) is 5.92 Å². The minimum absolute atomic E-state index is 0.487. The molecule has 1 heterocycles. The van der Waals surface area contributed by atoms with Gasteiger partial charge in [-0.3, -0.25) is 0 Å². The van der Waals surface area contributed by atoms with Crippen molar-refractivity contribution < 1.29 is 0 Å². The highest BCUT2D eigenvalue weighted by Crippen LogP contribution is 1.91. The smallest absolute Gasteiger partial charge is 0.116 e. The molecular formula is C12H16N2. The highest BCUT2D eigenvalue weighted by molar-refractivity contribution is 5.52. The van der Waals surface area contributed by atoms with Gasteiger partial charge in [0, 0.05) is 11.4 Å². The van der Waals surface area contributed by atoms with Crippen molar-refractivity contribution in [3.63, 3.8) is 0 Å². The molecule has 0 saturated carbocycles. The first kappa shape index (κ1) is 10.6. The van der Waals surface area contributed by atoms with E-state index in [9.17, 15) is 0 Å². The number of aromatic nitrogens is 2. The number of nitrogens with zero attached hydrogens (tertiary/aromatic N) is 2. The van der Waals surface area contributed by atoms with Crippen LogP contribution in [0.2, 0.25) is 0 Å². The Morgan fingerprint density at radius 3 is 2.79 bits per heavy atom. The molecule has 0 atom stereocenters. The van der Waals surface area contributed by atoms with Crippen LogP contribution in [0.5, 0.6) is 0 Å². The topological polar surface area (TPSA) is 25.8 Å². The molecule has 74 valence electrons. The molecule has 0 aliphatic rings. The summed E-state index contributed by atoms with van der Waals surface area (Å²) in [6.45, 7) is 10.0. The fraction of sp³-hybridized carbons (Fsp3) is 0.333. The van der Waals surface area contributed by atoms with Gasteiger partial charge in [-0.1, -0.05) is 32.6 Å². The van der Waals surface area contributed by atoms with Crippen molar-refractivity contribution in [1.29, 1.82) is 0 Å². The maximum Gasteiger partial charge on any atom is 0.116 e. The first-order valence-electron chi connectivity index (χ1n) is 4.76. The minimum Gasteiger partial charge on any atom is -0.244 e. The fourth-order valence-corrected chi connectivity index (χ4v) is 1.20. The normalized spacial score (nSPS) is 14.4. The van der Waals surface area contributed by atoms with Gasteiger partial charge >= 0.3 is 0 Å². The second-order valence-electron chi connectivity index (χ2n) is 3.62. The first-order chi connectivity index (χ1) is 6.65. The Balaban J connectivity index is 3.53. The summed E-state index contributed by atoms with van der Waals surface area (Å²) in [6.07, 6.45) is 7.37. The summed E-state index contributed by atoms with van der Waals surface area (Å²) in [5, 5.41) is 2.06. The van der Waals surface area contributed by atoms with E-state index < -0.39 is 0 Å². The van der Waals surface area contributed by atoms with Gasteiger partial charge in [0.15, 0.2) is 0 Å². The van der Waals surface area contributed by atoms with Crippen LogP contribution in [0.3, 0.4) is 0 Å². The number of hydrogen-bond donors (Lipinski definition) is 0. The second-order valence-corrected chi connectivity index (χ2v) is 3.62. The molecular weight excluding hydrogens is 172 g/mol. The predicted molar refractivity (Wildman–Crippen MR) is 59.9 cm³/mol. The second kappa shape index (κ2) is 4.70. The maximum absolute atomic E-state index is 4.25. The quantitative estimate of drug-likeness (QED) is 0.698. The highest BCUT2D eigenvalue weighted by Gasteiger charge is 1.92. The van der Waals surface area contributed by atoms with Crippen LogP contribution in [0.25, 0.3) is 11.6 Å². The van der Waals surface area contributed by atoms with E-state index in [0.717, 1.165) is 16.1 Å². The molecule has 2 nitrogen and oxygen atoms in total. The third-order valence-electron chi connectivity index (χ3n) is 1.97. The van der Waals surface area contributed by atoms with Crippen LogP contribution >= 0.6 is 0 Å². The van der Waals surface area contributed by atoms with Gasteiger partial charge in [0.05, 0.1) is 5.35 Å². The van der Waals surface area contributed by atoms with Gasteiger partial charge in [0.1, 0.15) is 6.33 Å². The van der Waals surface area contributed by atoms with Crippen molar-refractivity contribution in [3.05, 3.63) is 35.7 Å². The summed E-state index contributed by atoms with van der Waals surface area (Å²) in [5.74, 6) is 0.487. The van der Waals surface area contributed by atoms with Gasteiger partial charge in [-0.05, 0) is 18.4 Å². The predicted octanol–water partition coefficient (Wildman–Crippen LogP) is 1.27. The average molecular weight is 188 g/mol. The van der Waals surface area contributed by atoms with Crippen LogP contribution in [-0.4, -0.2) is 9.97 Å². The van der Waals surface area contributed by atoms with E-state index in [4.69, 9.17) is 0 Å². The van der Waals surface area contributed by atoms with E-state index in [-0.39, 0.29) is 0 Å². The number of hydrogen-bond acceptors (Lipinski definition) is 2. The third-order valence-corrected chi connectivity index (χ3v) is 1.97. The molecule has 0 spiro atoms. The lowest BCUT2D eigenvalue weighted by molar-refractivity contribution is 0.872. The van der Waals surface area contributed by atoms with Gasteiger partial charge in [-0.25, -0.2) is 9.97 Å². The Morgan fingerprint density at radius 2 is 2.21 bits per heavy atom. The van der Waals surface area contributed by atoms with Crippen molar-refractivity contribution >= 4 is 11.6 Å². The highest BCUT2D eigenvalue weighted by atomic mass is 14.8. The standard InChI is InChI=1S/C12H16N2/c1-5-10(4)11-7-13-8-14-12(11)6-9(2)3/h5-9H,1H2,2-4H3/b11-10-,12-6+. The molecule has 0 fully saturated rings. The van der Waals surface area contributed by atoms with Crippen LogP contribution in [-0.2, 0) is 0 Å². The maximum atomic E-state index is 4.25. The zero-order valence-electron chi connectivity index (χ0n) is 8.99. The molecule has 0 aromatic carbocycles. The van der Waals surface area contributed by atoms with Gasteiger partial charge < -0.3 is 0 Å². The number of allylic oxidation sites excluding steroid dienone is 1. The first-order valence-corrected chi connectivity index (χ1v) is 4.76. The third kappa shape index (κ3) is 2.52. The number of rotatable bonds is 2. The van der Waals surface area contributed by atoms with Crippen molar-refractivity contribution in [2.75, 3.05) is 0 Å². The lowest BCUT2D eigenvalue weighted by atomic mass is 10.1. The molecule has 14 heavy (non-hydrogen) atoms. The van der Waals surface area contributed by atoms with Crippen LogP contribution in [0.15, 0.2) is 25.2 Å². The van der Waals surface area contributed by atoms with Crippen LogP contribution in [0.4, 0.5) is 0 Å². The molecule has 0 aliphatic carbocycles. The van der Waals surface area contributed by atoms with Crippen molar-refractivity contribution in [2.45, 2.75) is 20.8 Å². The Bertz CT molecular complexity index is 430. The van der Waals surface area contributed by atoms with Gasteiger partial charge in [-0.15, -0.1) is 0 Å². The monoisotopic (exact) mass is 188 g/mol. The summed E-state index contributed by atoms with van der Waals surface area (Å²) >= 11 is 0. The van der Waals surface area contributed by atoms with E-state index in [1.807, 2.05) is 19.2 Å². The van der Waals surface area contributed by atoms with Gasteiger partial charge in [-0.2, -0.15) is 0 Å². The van der Waals surface area contributed by atoms with Crippen molar-refractivity contribution in [1.82, 2.24) is 9.97 Å². The van der Waals surface area contributed by atoms with E-state index in [1.165, 1.54) is 0 Å². The van der Waals surface area contributed by atoms with Gasteiger partial charge in [0.2, 0.25) is 0 Å². The van der Waals surface area contributed by atoms with Crippen LogP contribution in [0, 0.1) is 5.92 Å². The molecule has 0 unspecified atom stereocenters. The zero-order valence-corrected chi connectivity index (χ0v) is 8.99. The molecule has 1 aromatic heterocycles. The SMILES string of the molecule is C=C/C(C)=c1/cncn/c1=C/C(C)C. The summed E-state index contributed by atoms with van der Waals surface area (Å²) in [6, 6.07) is 0. The average Bonchev–Trinajstić information content (AvgIpc) is 2.16. The largest absolute Gasteiger partial charge is 0.244 e. The van der Waals surface area contributed by atoms with E-state index >= 15 is 0 Å². The van der Waals surface area contributed by atoms with E-state index in [0.29, 0.717) is 5.92 Å². The Hall–Kier alpha value is -1.44. The van der Waals surface area contributed by atoms with Crippen molar-refractivity contribution in [3.8, 4) is 0 Å². The van der Waals surface area contributed by atoms with Crippen LogP contribution < -0.4 is 10.6 Å². The fourth-order valence-electron chi connectivity index (χ4n) is 1.20. The molecule has 1 aromatic rings. The Morgan fingerprint density at radius 1 is 1.50 bits per heavy atom. The lowest BCUT2D eigenvalue weighted by Gasteiger charge is -1.96. The summed E-state index contributed by atoms with van der Waals surface area (Å²) in [4.78, 5) is 8.27.